The fourth-order valence-electron chi connectivity index (χ4n) is 8.32. The zero-order valence-electron chi connectivity index (χ0n) is 36.1. The van der Waals surface area contributed by atoms with E-state index < -0.39 is 52.9 Å². The van der Waals surface area contributed by atoms with Crippen molar-refractivity contribution in [1.82, 2.24) is 15.2 Å². The predicted octanol–water partition coefficient (Wildman–Crippen LogP) is 9.32. The first kappa shape index (κ1) is 45.6. The molecule has 0 saturated carbocycles. The molecular weight excluding hydrogens is 918 g/mol. The first-order chi connectivity index (χ1) is 33.3. The standard InChI is InChI=1S/C53H42ClN5O7S2/c54-31-37-32-67-49-43(48(61)59(49)44(37)50(62)63)56-47(60)42(58-66-46(36-23-11-3-12-24-36)51(64)65-45(34-19-7-1-8-20-34)35-21-9-2-10-22-35)41-33-68-52(55-41)57-53(38-25-13-4-14-26-38,39-27-15-5-16-28-39)40-29-17-6-18-30-40/h1-30,33,43,45-46,49H,31-32H2,(H,55,57)(H,56,60)(H,62,63)/t43-,46?,49+/m1/s1. The Morgan fingerprint density at radius 2 is 1.24 bits per heavy atom. The van der Waals surface area contributed by atoms with Crippen LogP contribution in [0.2, 0.25) is 0 Å². The van der Waals surface area contributed by atoms with E-state index in [1.54, 1.807) is 35.7 Å². The maximum absolute atomic E-state index is 14.7. The molecule has 0 radical (unpaired) electrons. The zero-order chi connectivity index (χ0) is 47.0. The summed E-state index contributed by atoms with van der Waals surface area (Å²) in [7, 11) is 0. The van der Waals surface area contributed by atoms with Gasteiger partial charge >= 0.3 is 11.9 Å². The van der Waals surface area contributed by atoms with E-state index in [0.29, 0.717) is 16.3 Å². The van der Waals surface area contributed by atoms with Crippen LogP contribution in [-0.2, 0) is 34.3 Å². The first-order valence-electron chi connectivity index (χ1n) is 21.5. The molecule has 2 aliphatic heterocycles. The summed E-state index contributed by atoms with van der Waals surface area (Å²) >= 11 is 8.58. The Morgan fingerprint density at radius 1 is 0.750 bits per heavy atom. The molecule has 0 spiro atoms. The summed E-state index contributed by atoms with van der Waals surface area (Å²) in [6.45, 7) is 0. The minimum absolute atomic E-state index is 0.0696. The van der Waals surface area contributed by atoms with Crippen molar-refractivity contribution in [3.63, 3.8) is 0 Å². The molecule has 2 amide bonds. The van der Waals surface area contributed by atoms with Crippen LogP contribution in [0.4, 0.5) is 5.13 Å². The van der Waals surface area contributed by atoms with Gasteiger partial charge in [-0.3, -0.25) is 14.5 Å². The number of carbonyl (C=O) groups excluding carboxylic acids is 3. The molecule has 7 aromatic rings. The number of anilines is 1. The third kappa shape index (κ3) is 9.26. The number of amides is 2. The molecule has 15 heteroatoms. The molecule has 9 rings (SSSR count). The summed E-state index contributed by atoms with van der Waals surface area (Å²) in [6.07, 6.45) is -2.29. The van der Waals surface area contributed by atoms with Crippen LogP contribution in [0.5, 0.6) is 0 Å². The van der Waals surface area contributed by atoms with Crippen LogP contribution >= 0.6 is 34.7 Å². The average Bonchev–Trinajstić information content (AvgIpc) is 3.86. The maximum Gasteiger partial charge on any atom is 0.355 e. The summed E-state index contributed by atoms with van der Waals surface area (Å²) in [4.78, 5) is 67.5. The van der Waals surface area contributed by atoms with E-state index >= 15 is 0 Å². The Morgan fingerprint density at radius 3 is 1.72 bits per heavy atom. The Balaban J connectivity index is 1.10. The summed E-state index contributed by atoms with van der Waals surface area (Å²) in [5.74, 6) is -3.39. The lowest BCUT2D eigenvalue weighted by Gasteiger charge is -2.49. The Labute approximate surface area is 405 Å². The molecule has 0 aliphatic carbocycles. The number of ether oxygens (including phenoxy) is 1. The second-order valence-corrected chi connectivity index (χ2v) is 18.0. The van der Waals surface area contributed by atoms with Gasteiger partial charge in [-0.25, -0.2) is 14.6 Å². The van der Waals surface area contributed by atoms with Crippen molar-refractivity contribution in [2.24, 2.45) is 5.16 Å². The Bertz CT molecular complexity index is 2830. The van der Waals surface area contributed by atoms with E-state index in [1.165, 1.54) is 23.1 Å². The number of thiazole rings is 1. The summed E-state index contributed by atoms with van der Waals surface area (Å²) in [5.41, 5.74) is 3.55. The number of carbonyl (C=O) groups is 4. The summed E-state index contributed by atoms with van der Waals surface area (Å²) in [6, 6.07) is 55.9. The van der Waals surface area contributed by atoms with E-state index in [1.807, 2.05) is 152 Å². The maximum atomic E-state index is 14.7. The van der Waals surface area contributed by atoms with Gasteiger partial charge in [-0.15, -0.1) is 34.7 Å². The van der Waals surface area contributed by atoms with Crippen LogP contribution in [0.15, 0.2) is 204 Å². The predicted molar refractivity (Wildman–Crippen MR) is 263 cm³/mol. The fraction of sp³-hybridized carbons (Fsp3) is 0.132. The number of rotatable bonds is 17. The van der Waals surface area contributed by atoms with Gasteiger partial charge in [0.15, 0.2) is 16.9 Å². The Hall–Kier alpha value is -7.52. The molecule has 3 N–H and O–H groups in total. The van der Waals surface area contributed by atoms with Crippen LogP contribution in [0.25, 0.3) is 0 Å². The number of aliphatic carboxylic acids is 1. The van der Waals surface area contributed by atoms with Crippen LogP contribution < -0.4 is 10.6 Å². The van der Waals surface area contributed by atoms with E-state index in [4.69, 9.17) is 26.2 Å². The van der Waals surface area contributed by atoms with Crippen molar-refractivity contribution >= 4 is 69.3 Å². The van der Waals surface area contributed by atoms with Gasteiger partial charge in [-0.2, -0.15) is 0 Å². The van der Waals surface area contributed by atoms with Gasteiger partial charge in [0.2, 0.25) is 6.10 Å². The van der Waals surface area contributed by atoms with Gasteiger partial charge in [0.25, 0.3) is 11.8 Å². The molecule has 3 atom stereocenters. The molecule has 2 aliphatic rings. The van der Waals surface area contributed by atoms with Crippen molar-refractivity contribution in [1.29, 1.82) is 0 Å². The highest BCUT2D eigenvalue weighted by atomic mass is 35.5. The van der Waals surface area contributed by atoms with Crippen LogP contribution in [-0.4, -0.2) is 67.5 Å². The molecule has 68 heavy (non-hydrogen) atoms. The largest absolute Gasteiger partial charge is 0.477 e. The van der Waals surface area contributed by atoms with Gasteiger partial charge in [0.1, 0.15) is 28.3 Å². The molecular formula is C53H42ClN5O7S2. The smallest absolute Gasteiger partial charge is 0.355 e. The number of benzene rings is 6. The summed E-state index contributed by atoms with van der Waals surface area (Å²) in [5, 5.41) is 22.2. The minimum Gasteiger partial charge on any atom is -0.477 e. The normalized spacial score (nSPS) is 16.3. The number of oxime groups is 1. The molecule has 12 nitrogen and oxygen atoms in total. The number of alkyl halides is 1. The van der Waals surface area contributed by atoms with Gasteiger partial charge in [0.05, 0.1) is 0 Å². The van der Waals surface area contributed by atoms with Gasteiger partial charge in [-0.05, 0) is 33.4 Å². The van der Waals surface area contributed by atoms with Crippen molar-refractivity contribution in [3.05, 3.63) is 238 Å². The topological polar surface area (TPSA) is 160 Å². The van der Waals surface area contributed by atoms with Crippen molar-refractivity contribution in [2.45, 2.75) is 29.2 Å². The number of hydrogen-bond donors (Lipinski definition) is 3. The number of carboxylic acid groups (broad SMARTS) is 1. The van der Waals surface area contributed by atoms with Gasteiger partial charge in [0, 0.05) is 22.6 Å². The van der Waals surface area contributed by atoms with Crippen molar-refractivity contribution in [2.75, 3.05) is 16.9 Å². The van der Waals surface area contributed by atoms with Crippen LogP contribution in [0.3, 0.4) is 0 Å². The second kappa shape index (κ2) is 20.6. The number of esters is 1. The number of halogens is 1. The third-order valence-corrected chi connectivity index (χ3v) is 14.0. The number of nitrogens with one attached hydrogen (secondary N) is 2. The van der Waals surface area contributed by atoms with Crippen molar-refractivity contribution < 1.29 is 33.9 Å². The second-order valence-electron chi connectivity index (χ2n) is 15.7. The molecule has 6 aromatic carbocycles. The zero-order valence-corrected chi connectivity index (χ0v) is 38.4. The summed E-state index contributed by atoms with van der Waals surface area (Å²) < 4.78 is 6.26. The lowest BCUT2D eigenvalue weighted by atomic mass is 9.77. The molecule has 1 fully saturated rings. The number of fused-ring (bicyclic) bond motifs is 1. The minimum atomic E-state index is -1.47. The van der Waals surface area contributed by atoms with E-state index in [9.17, 15) is 24.3 Å². The number of β-lactam (4-membered cyclic amide) rings is 1. The quantitative estimate of drug-likeness (QED) is 0.0201. The fourth-order valence-corrected chi connectivity index (χ4v) is 10.7. The average molecular weight is 961 g/mol. The Kier molecular flexibility index (Phi) is 13.8. The lowest BCUT2D eigenvalue weighted by molar-refractivity contribution is -0.162. The van der Waals surface area contributed by atoms with Gasteiger partial charge in [-0.1, -0.05) is 187 Å². The highest BCUT2D eigenvalue weighted by molar-refractivity contribution is 8.00. The van der Waals surface area contributed by atoms with E-state index in [-0.39, 0.29) is 28.7 Å². The first-order valence-corrected chi connectivity index (χ1v) is 24.0. The molecule has 1 unspecified atom stereocenters. The van der Waals surface area contributed by atoms with Crippen molar-refractivity contribution in [3.8, 4) is 0 Å². The van der Waals surface area contributed by atoms with Crippen LogP contribution in [0.1, 0.15) is 51.3 Å². The number of hydrogen-bond acceptors (Lipinski definition) is 11. The number of nitrogens with zero attached hydrogens (tertiary/aromatic N) is 3. The molecule has 340 valence electrons. The molecule has 3 heterocycles. The highest BCUT2D eigenvalue weighted by Gasteiger charge is 2.54. The monoisotopic (exact) mass is 959 g/mol. The molecule has 0 bridgehead atoms. The highest BCUT2D eigenvalue weighted by Crippen LogP contribution is 2.42. The number of carboxylic acids is 1. The number of aromatic nitrogens is 1. The third-order valence-electron chi connectivity index (χ3n) is 11.6. The van der Waals surface area contributed by atoms with E-state index in [0.717, 1.165) is 32.7 Å². The molecule has 1 saturated heterocycles. The number of thioether (sulfide) groups is 1. The SMILES string of the molecule is O=C(O)C1=C(CCl)CS[C@H]2[C@H](NC(=O)C(=NOC(C(=O)OC(c3ccccc3)c3ccccc3)c3ccccc3)c3csc(NC(c4ccccc4)(c4ccccc4)c4ccccc4)n3)C(=O)N12. The van der Waals surface area contributed by atoms with Gasteiger partial charge < -0.3 is 25.3 Å². The van der Waals surface area contributed by atoms with E-state index in [2.05, 4.69) is 15.8 Å². The van der Waals surface area contributed by atoms with Crippen LogP contribution in [0, 0.1) is 0 Å². The lowest BCUT2D eigenvalue weighted by Crippen LogP contribution is -2.71. The molecule has 1 aromatic heterocycles.